The molecule has 0 unspecified atom stereocenters. The number of aromatic hydroxyl groups is 1. The molecule has 3 rings (SSSR count). The van der Waals surface area contributed by atoms with Crippen molar-refractivity contribution >= 4 is 11.8 Å². The molecule has 5 heteroatoms. The minimum absolute atomic E-state index is 0.271. The average Bonchev–Trinajstić information content (AvgIpc) is 3.10. The molecule has 0 spiro atoms. The van der Waals surface area contributed by atoms with E-state index in [0.29, 0.717) is 12.3 Å². The van der Waals surface area contributed by atoms with Crippen molar-refractivity contribution in [3.05, 3.63) is 41.5 Å². The highest BCUT2D eigenvalue weighted by Gasteiger charge is 2.17. The Bertz CT molecular complexity index is 565. The van der Waals surface area contributed by atoms with Gasteiger partial charge in [0.2, 0.25) is 5.89 Å². The molecule has 0 saturated heterocycles. The maximum absolute atomic E-state index is 9.73. The summed E-state index contributed by atoms with van der Waals surface area (Å²) in [6.07, 6.45) is 5.80. The number of hydrogen-bond acceptors (Lipinski definition) is 5. The van der Waals surface area contributed by atoms with Crippen LogP contribution in [-0.2, 0) is 12.2 Å². The fourth-order valence-corrected chi connectivity index (χ4v) is 3.66. The number of para-hydroxylation sites is 1. The van der Waals surface area contributed by atoms with Gasteiger partial charge in [-0.05, 0) is 18.9 Å². The molecule has 106 valence electrons. The van der Waals surface area contributed by atoms with E-state index in [9.17, 15) is 5.11 Å². The van der Waals surface area contributed by atoms with Gasteiger partial charge >= 0.3 is 0 Å². The summed E-state index contributed by atoms with van der Waals surface area (Å²) in [4.78, 5) is 4.40. The molecule has 1 N–H and O–H groups in total. The monoisotopic (exact) mass is 290 g/mol. The van der Waals surface area contributed by atoms with E-state index in [4.69, 9.17) is 4.52 Å². The molecular weight excluding hydrogens is 272 g/mol. The lowest BCUT2D eigenvalue weighted by Gasteiger charge is -2.04. The first kappa shape index (κ1) is 13.5. The van der Waals surface area contributed by atoms with Gasteiger partial charge in [0.05, 0.1) is 12.2 Å². The van der Waals surface area contributed by atoms with Crippen LogP contribution in [0.3, 0.4) is 0 Å². The number of thioether (sulfide) groups is 1. The maximum Gasteiger partial charge on any atom is 0.231 e. The van der Waals surface area contributed by atoms with E-state index in [1.54, 1.807) is 12.1 Å². The summed E-state index contributed by atoms with van der Waals surface area (Å²) in [7, 11) is 0. The van der Waals surface area contributed by atoms with Crippen LogP contribution >= 0.6 is 11.8 Å². The molecule has 0 aliphatic heterocycles. The van der Waals surface area contributed by atoms with E-state index >= 15 is 0 Å². The Morgan fingerprint density at radius 3 is 2.85 bits per heavy atom. The normalized spacial score (nSPS) is 15.8. The quantitative estimate of drug-likeness (QED) is 0.912. The first-order valence-corrected chi connectivity index (χ1v) is 8.06. The van der Waals surface area contributed by atoms with Crippen molar-refractivity contribution < 1.29 is 9.63 Å². The van der Waals surface area contributed by atoms with Gasteiger partial charge in [-0.25, -0.2) is 0 Å². The molecule has 1 aromatic heterocycles. The van der Waals surface area contributed by atoms with Gasteiger partial charge in [-0.15, -0.1) is 0 Å². The third-order valence-corrected chi connectivity index (χ3v) is 4.96. The lowest BCUT2D eigenvalue weighted by Crippen LogP contribution is -1.96. The zero-order valence-electron chi connectivity index (χ0n) is 11.3. The number of nitrogens with zero attached hydrogens (tertiary/aromatic N) is 2. The maximum atomic E-state index is 9.73. The van der Waals surface area contributed by atoms with Crippen LogP contribution in [0.1, 0.15) is 43.0 Å². The largest absolute Gasteiger partial charge is 0.508 e. The third kappa shape index (κ3) is 3.33. The highest BCUT2D eigenvalue weighted by Crippen LogP contribution is 2.31. The summed E-state index contributed by atoms with van der Waals surface area (Å²) >= 11 is 1.93. The molecule has 0 radical (unpaired) electrons. The van der Waals surface area contributed by atoms with Crippen molar-refractivity contribution in [2.24, 2.45) is 0 Å². The molecule has 0 amide bonds. The van der Waals surface area contributed by atoms with E-state index in [1.165, 1.54) is 25.7 Å². The average molecular weight is 290 g/mol. The van der Waals surface area contributed by atoms with Crippen molar-refractivity contribution in [1.29, 1.82) is 0 Å². The number of benzene rings is 1. The van der Waals surface area contributed by atoms with Crippen LogP contribution in [0, 0.1) is 0 Å². The zero-order valence-corrected chi connectivity index (χ0v) is 12.1. The highest BCUT2D eigenvalue weighted by molar-refractivity contribution is 7.99. The Labute approximate surface area is 122 Å². The van der Waals surface area contributed by atoms with Crippen molar-refractivity contribution in [2.45, 2.75) is 43.1 Å². The van der Waals surface area contributed by atoms with E-state index in [-0.39, 0.29) is 5.75 Å². The molecule has 1 aliphatic rings. The summed E-state index contributed by atoms with van der Waals surface area (Å²) in [6.45, 7) is 0. The molecule has 0 bridgehead atoms. The molecule has 1 heterocycles. The van der Waals surface area contributed by atoms with E-state index < -0.39 is 0 Å². The van der Waals surface area contributed by atoms with Gasteiger partial charge in [-0.3, -0.25) is 0 Å². The molecule has 1 fully saturated rings. The Morgan fingerprint density at radius 2 is 2.05 bits per heavy atom. The molecule has 4 nitrogen and oxygen atoms in total. The first-order valence-electron chi connectivity index (χ1n) is 7.01. The Balaban J connectivity index is 1.57. The van der Waals surface area contributed by atoms with Gasteiger partial charge in [0.15, 0.2) is 5.82 Å². The number of rotatable bonds is 5. The van der Waals surface area contributed by atoms with Crippen LogP contribution < -0.4 is 0 Å². The van der Waals surface area contributed by atoms with E-state index in [0.717, 1.165) is 22.4 Å². The minimum atomic E-state index is 0.271. The summed E-state index contributed by atoms with van der Waals surface area (Å²) in [6, 6.07) is 7.23. The predicted octanol–water partition coefficient (Wildman–Crippen LogP) is 3.54. The molecule has 1 aromatic carbocycles. The fourth-order valence-electron chi connectivity index (χ4n) is 2.49. The lowest BCUT2D eigenvalue weighted by molar-refractivity contribution is 0.378. The summed E-state index contributed by atoms with van der Waals surface area (Å²) in [5.41, 5.74) is 0.811. The van der Waals surface area contributed by atoms with Crippen molar-refractivity contribution in [2.75, 3.05) is 0 Å². The summed E-state index contributed by atoms with van der Waals surface area (Å²) in [5.74, 6) is 2.41. The van der Waals surface area contributed by atoms with Crippen LogP contribution in [0.5, 0.6) is 5.75 Å². The number of hydrogen-bond donors (Lipinski definition) is 1. The van der Waals surface area contributed by atoms with Crippen LogP contribution in [0.15, 0.2) is 28.8 Å². The fraction of sp³-hybridized carbons (Fsp3) is 0.467. The van der Waals surface area contributed by atoms with Gasteiger partial charge < -0.3 is 9.63 Å². The third-order valence-electron chi connectivity index (χ3n) is 3.59. The van der Waals surface area contributed by atoms with Crippen LogP contribution in [-0.4, -0.2) is 20.5 Å². The van der Waals surface area contributed by atoms with Crippen LogP contribution in [0.25, 0.3) is 0 Å². The van der Waals surface area contributed by atoms with Crippen molar-refractivity contribution in [3.8, 4) is 5.75 Å². The molecule has 1 saturated carbocycles. The Hall–Kier alpha value is -1.49. The van der Waals surface area contributed by atoms with Crippen molar-refractivity contribution in [3.63, 3.8) is 0 Å². The molecule has 0 atom stereocenters. The van der Waals surface area contributed by atoms with E-state index in [2.05, 4.69) is 10.1 Å². The predicted molar refractivity (Wildman–Crippen MR) is 78.8 cm³/mol. The highest BCUT2D eigenvalue weighted by atomic mass is 32.2. The van der Waals surface area contributed by atoms with Crippen molar-refractivity contribution in [1.82, 2.24) is 10.1 Å². The second kappa shape index (κ2) is 6.31. The second-order valence-electron chi connectivity index (χ2n) is 5.13. The zero-order chi connectivity index (χ0) is 13.8. The Kier molecular flexibility index (Phi) is 4.25. The minimum Gasteiger partial charge on any atom is -0.508 e. The van der Waals surface area contributed by atoms with Gasteiger partial charge in [-0.2, -0.15) is 16.7 Å². The molecular formula is C15H18N2O2S. The number of phenolic OH excluding ortho intramolecular Hbond substituents is 1. The van der Waals surface area contributed by atoms with Gasteiger partial charge in [0.1, 0.15) is 5.75 Å². The van der Waals surface area contributed by atoms with Crippen LogP contribution in [0.4, 0.5) is 0 Å². The number of phenols is 1. The number of aromatic nitrogens is 2. The summed E-state index contributed by atoms with van der Waals surface area (Å²) in [5, 5.41) is 14.5. The SMILES string of the molecule is Oc1ccccc1Cc1nc(CSC2CCCC2)no1. The first-order chi connectivity index (χ1) is 9.81. The summed E-state index contributed by atoms with van der Waals surface area (Å²) < 4.78 is 5.25. The molecule has 2 aromatic rings. The second-order valence-corrected chi connectivity index (χ2v) is 6.42. The standard InChI is InChI=1S/C15H18N2O2S/c18-13-8-4-1-5-11(13)9-15-16-14(17-19-15)10-20-12-6-2-3-7-12/h1,4-5,8,12,18H,2-3,6-7,9-10H2. The topological polar surface area (TPSA) is 59.2 Å². The smallest absolute Gasteiger partial charge is 0.231 e. The van der Waals surface area contributed by atoms with Crippen LogP contribution in [0.2, 0.25) is 0 Å². The van der Waals surface area contributed by atoms with Gasteiger partial charge in [0, 0.05) is 10.8 Å². The van der Waals surface area contributed by atoms with Gasteiger partial charge in [-0.1, -0.05) is 36.2 Å². The molecule has 1 aliphatic carbocycles. The lowest BCUT2D eigenvalue weighted by atomic mass is 10.1. The van der Waals surface area contributed by atoms with E-state index in [1.807, 2.05) is 23.9 Å². The molecule has 20 heavy (non-hydrogen) atoms. The Morgan fingerprint density at radius 1 is 1.25 bits per heavy atom. The van der Waals surface area contributed by atoms with Gasteiger partial charge in [0.25, 0.3) is 0 Å².